The average Bonchev–Trinajstić information content (AvgIpc) is 2.50. The summed E-state index contributed by atoms with van der Waals surface area (Å²) in [4.78, 5) is 4.04. The maximum absolute atomic E-state index is 5.22. The smallest absolute Gasteiger partial charge is 0.455 e. The first kappa shape index (κ1) is 15.7. The molecule has 0 unspecified atom stereocenters. The Bertz CT molecular complexity index is 258. The monoisotopic (exact) mass is 282 g/mol. The molecule has 0 spiro atoms. The zero-order chi connectivity index (χ0) is 10.3. The summed E-state index contributed by atoms with van der Waals surface area (Å²) in [6, 6.07) is 0. The van der Waals surface area contributed by atoms with Gasteiger partial charge in [0.2, 0.25) is 0 Å². The van der Waals surface area contributed by atoms with Gasteiger partial charge in [0.15, 0.2) is 0 Å². The molecule has 80 valence electrons. The van der Waals surface area contributed by atoms with Crippen molar-refractivity contribution in [1.29, 1.82) is 0 Å². The van der Waals surface area contributed by atoms with Gasteiger partial charge in [-0.3, -0.25) is 0 Å². The topological polar surface area (TPSA) is 38.4 Å². The summed E-state index contributed by atoms with van der Waals surface area (Å²) >= 11 is 0. The number of nitrogens with zero attached hydrogens (tertiary/aromatic N) is 1. The van der Waals surface area contributed by atoms with Crippen molar-refractivity contribution in [3.63, 3.8) is 0 Å². The molecule has 1 heterocycles. The number of nitrogens with two attached hydrogens (primary N) is 1. The average molecular weight is 283 g/mol. The third kappa shape index (κ3) is 7.85. The van der Waals surface area contributed by atoms with Gasteiger partial charge in [-0.1, -0.05) is 20.1 Å². The van der Waals surface area contributed by atoms with E-state index < -0.39 is 0 Å². The molecule has 0 aromatic rings. The van der Waals surface area contributed by atoms with Gasteiger partial charge >= 0.3 is 20.4 Å². The Morgan fingerprint density at radius 1 is 1.79 bits per heavy atom. The van der Waals surface area contributed by atoms with Crippen LogP contribution < -0.4 is 5.73 Å². The third-order valence-corrected chi connectivity index (χ3v) is 1.16. The van der Waals surface area contributed by atoms with Gasteiger partial charge in [-0.25, -0.2) is 19.1 Å². The molecule has 0 saturated carbocycles. The second-order valence-electron chi connectivity index (χ2n) is 2.76. The summed E-state index contributed by atoms with van der Waals surface area (Å²) in [5, 5.41) is 0. The Morgan fingerprint density at radius 2 is 2.29 bits per heavy atom. The van der Waals surface area contributed by atoms with E-state index in [1.54, 1.807) is 6.21 Å². The van der Waals surface area contributed by atoms with Crippen LogP contribution in [0.3, 0.4) is 0 Å². The van der Waals surface area contributed by atoms with Crippen molar-refractivity contribution in [3.8, 4) is 0 Å². The predicted octanol–water partition coefficient (Wildman–Crippen LogP) is 2.40. The van der Waals surface area contributed by atoms with Crippen LogP contribution in [-0.2, 0) is 20.4 Å². The fraction of sp³-hybridized carbons (Fsp3) is 0.273. The van der Waals surface area contributed by atoms with E-state index in [9.17, 15) is 0 Å². The molecule has 1 rings (SSSR count). The minimum absolute atomic E-state index is 0. The van der Waals surface area contributed by atoms with Crippen LogP contribution in [0.1, 0.15) is 20.3 Å². The van der Waals surface area contributed by atoms with E-state index in [2.05, 4.69) is 24.6 Å². The summed E-state index contributed by atoms with van der Waals surface area (Å²) in [6.45, 7) is 10.8. The predicted molar refractivity (Wildman–Crippen MR) is 58.0 cm³/mol. The molecule has 0 aliphatic carbocycles. The van der Waals surface area contributed by atoms with E-state index >= 15 is 0 Å². The zero-order valence-corrected chi connectivity index (χ0v) is 10.2. The molecule has 0 aromatic carbocycles. The van der Waals surface area contributed by atoms with Crippen molar-refractivity contribution < 1.29 is 20.4 Å². The molecular weight excluding hydrogens is 267 g/mol. The van der Waals surface area contributed by atoms with Gasteiger partial charge in [0.1, 0.15) is 0 Å². The van der Waals surface area contributed by atoms with Gasteiger partial charge in [0.05, 0.1) is 0 Å². The van der Waals surface area contributed by atoms with Crippen molar-refractivity contribution in [2.45, 2.75) is 20.3 Å². The van der Waals surface area contributed by atoms with Crippen LogP contribution in [0.5, 0.6) is 0 Å². The first-order chi connectivity index (χ1) is 6.10. The van der Waals surface area contributed by atoms with Gasteiger partial charge < -0.3 is 10.7 Å². The fourth-order valence-corrected chi connectivity index (χ4v) is 0.643. The van der Waals surface area contributed by atoms with E-state index in [4.69, 9.17) is 5.73 Å². The molecule has 0 aromatic heterocycles. The van der Waals surface area contributed by atoms with Gasteiger partial charge in [0.25, 0.3) is 0 Å². The Balaban J connectivity index is 0. The Kier molecular flexibility index (Phi) is 9.86. The maximum Gasteiger partial charge on any atom is 2.00 e. The number of aliphatic imine (C=N–C) groups is 1. The Hall–Kier alpha value is -0.778. The minimum atomic E-state index is 0. The SMILES string of the molecule is C=C([CH2-])C.CCC1=[C-]C(=CN)C=N1.[Pd+2]. The molecule has 0 amide bonds. The van der Waals surface area contributed by atoms with Gasteiger partial charge in [-0.15, -0.1) is 6.20 Å². The summed E-state index contributed by atoms with van der Waals surface area (Å²) < 4.78 is 0. The van der Waals surface area contributed by atoms with Crippen LogP contribution in [0.25, 0.3) is 0 Å². The summed E-state index contributed by atoms with van der Waals surface area (Å²) in [6.07, 6.45) is 7.17. The van der Waals surface area contributed by atoms with Crippen LogP contribution >= 0.6 is 0 Å². The Morgan fingerprint density at radius 3 is 2.50 bits per heavy atom. The van der Waals surface area contributed by atoms with Gasteiger partial charge in [-0.05, 0) is 12.1 Å². The van der Waals surface area contributed by atoms with Crippen molar-refractivity contribution >= 4 is 6.21 Å². The van der Waals surface area contributed by atoms with Crippen molar-refractivity contribution in [3.05, 3.63) is 42.6 Å². The van der Waals surface area contributed by atoms with Gasteiger partial charge in [-0.2, -0.15) is 11.6 Å². The van der Waals surface area contributed by atoms with Crippen molar-refractivity contribution in [2.75, 3.05) is 0 Å². The molecule has 2 N–H and O–H groups in total. The van der Waals surface area contributed by atoms with Gasteiger partial charge in [0, 0.05) is 0 Å². The van der Waals surface area contributed by atoms with Crippen LogP contribution in [-0.4, -0.2) is 6.21 Å². The van der Waals surface area contributed by atoms with Crippen molar-refractivity contribution in [1.82, 2.24) is 0 Å². The van der Waals surface area contributed by atoms with E-state index in [1.165, 1.54) is 6.20 Å². The first-order valence-electron chi connectivity index (χ1n) is 4.16. The standard InChI is InChI=1S/C7H9N2.C4H7.Pd/c1-2-7-3-6(4-8)5-9-7;1-4(2)3;/h4-5H,2,8H2,1H3;1-2H2,3H3;/q2*-1;+2. The molecule has 0 saturated heterocycles. The molecule has 1 aliphatic heterocycles. The quantitative estimate of drug-likeness (QED) is 0.582. The molecule has 0 radical (unpaired) electrons. The summed E-state index contributed by atoms with van der Waals surface area (Å²) in [5.41, 5.74) is 8.00. The zero-order valence-electron chi connectivity index (χ0n) is 8.62. The van der Waals surface area contributed by atoms with Crippen LogP contribution in [0.15, 0.2) is 34.6 Å². The van der Waals surface area contributed by atoms with E-state index in [1.807, 2.05) is 13.8 Å². The number of hydrogen-bond acceptors (Lipinski definition) is 2. The van der Waals surface area contributed by atoms with E-state index in [0.717, 1.165) is 23.3 Å². The maximum atomic E-state index is 5.22. The second-order valence-corrected chi connectivity index (χ2v) is 2.76. The Labute approximate surface area is 100 Å². The molecule has 3 heteroatoms. The van der Waals surface area contributed by atoms with Crippen LogP contribution in [0, 0.1) is 13.0 Å². The fourth-order valence-electron chi connectivity index (χ4n) is 0.643. The number of hydrogen-bond donors (Lipinski definition) is 1. The molecular formula is C11H16N2Pd. The molecule has 0 bridgehead atoms. The largest absolute Gasteiger partial charge is 2.00 e. The second kappa shape index (κ2) is 8.80. The minimum Gasteiger partial charge on any atom is -0.455 e. The number of rotatable bonds is 1. The molecule has 0 atom stereocenters. The molecule has 0 fully saturated rings. The molecule has 1 aliphatic rings. The van der Waals surface area contributed by atoms with Crippen LogP contribution in [0.2, 0.25) is 0 Å². The van der Waals surface area contributed by atoms with E-state index in [-0.39, 0.29) is 20.4 Å². The summed E-state index contributed by atoms with van der Waals surface area (Å²) in [5.74, 6) is 0. The summed E-state index contributed by atoms with van der Waals surface area (Å²) in [7, 11) is 0. The number of allylic oxidation sites excluding steroid dienone is 4. The van der Waals surface area contributed by atoms with Crippen molar-refractivity contribution in [2.24, 2.45) is 10.7 Å². The molecule has 2 nitrogen and oxygen atoms in total. The third-order valence-electron chi connectivity index (χ3n) is 1.16. The van der Waals surface area contributed by atoms with E-state index in [0.29, 0.717) is 0 Å². The molecule has 14 heavy (non-hydrogen) atoms. The normalized spacial score (nSPS) is 15.3. The first-order valence-corrected chi connectivity index (χ1v) is 4.16. The van der Waals surface area contributed by atoms with Crippen LogP contribution in [0.4, 0.5) is 0 Å².